The first-order valence-electron chi connectivity index (χ1n) is 8.49. The van der Waals surface area contributed by atoms with Crippen molar-refractivity contribution in [3.8, 4) is 11.5 Å². The number of hydrogen-bond acceptors (Lipinski definition) is 7. The van der Waals surface area contributed by atoms with Gasteiger partial charge >= 0.3 is 0 Å². The zero-order valence-electron chi connectivity index (χ0n) is 16.1. The van der Waals surface area contributed by atoms with Crippen LogP contribution in [0.15, 0.2) is 42.5 Å². The Balaban J connectivity index is 2.34. The van der Waals surface area contributed by atoms with Crippen LogP contribution in [0.1, 0.15) is 6.92 Å². The molecule has 1 N–H and O–H groups in total. The number of methoxy groups -OCH3 is 1. The molecule has 0 radical (unpaired) electrons. The highest BCUT2D eigenvalue weighted by atomic mass is 32.2. The number of para-hydroxylation sites is 2. The maximum absolute atomic E-state index is 12.6. The van der Waals surface area contributed by atoms with Gasteiger partial charge in [-0.05, 0) is 25.1 Å². The number of benzene rings is 2. The minimum Gasteiger partial charge on any atom is -0.495 e. The average molecular weight is 423 g/mol. The average Bonchev–Trinajstić information content (AvgIpc) is 2.66. The second-order valence-electron chi connectivity index (χ2n) is 5.86. The molecule has 0 aliphatic carbocycles. The lowest BCUT2D eigenvalue weighted by Gasteiger charge is -2.24. The van der Waals surface area contributed by atoms with Crippen LogP contribution in [0.5, 0.6) is 11.5 Å². The Morgan fingerprint density at radius 2 is 1.90 bits per heavy atom. The van der Waals surface area contributed by atoms with Gasteiger partial charge in [0, 0.05) is 12.1 Å². The van der Waals surface area contributed by atoms with Crippen LogP contribution in [0, 0.1) is 10.1 Å². The minimum atomic E-state index is -3.83. The third-order valence-corrected chi connectivity index (χ3v) is 4.92. The van der Waals surface area contributed by atoms with Crippen molar-refractivity contribution >= 4 is 33.0 Å². The molecule has 0 unspecified atom stereocenters. The number of carbonyl (C=O) groups is 1. The number of ether oxygens (including phenoxy) is 2. The van der Waals surface area contributed by atoms with Crippen LogP contribution in [0.25, 0.3) is 0 Å². The SMILES string of the molecule is CCOc1ccccc1N(CC(=O)Nc1cc([N+](=O)[O-])ccc1OC)S(C)(=O)=O. The van der Waals surface area contributed by atoms with Crippen molar-refractivity contribution < 1.29 is 27.6 Å². The van der Waals surface area contributed by atoms with Gasteiger partial charge in [-0.15, -0.1) is 0 Å². The Morgan fingerprint density at radius 3 is 2.48 bits per heavy atom. The zero-order valence-corrected chi connectivity index (χ0v) is 16.9. The highest BCUT2D eigenvalue weighted by Gasteiger charge is 2.24. The Hall–Kier alpha value is -3.34. The van der Waals surface area contributed by atoms with Gasteiger partial charge in [0.2, 0.25) is 15.9 Å². The normalized spacial score (nSPS) is 10.9. The van der Waals surface area contributed by atoms with E-state index < -0.39 is 27.4 Å². The summed E-state index contributed by atoms with van der Waals surface area (Å²) in [5, 5.41) is 13.4. The van der Waals surface area contributed by atoms with E-state index in [2.05, 4.69) is 5.32 Å². The van der Waals surface area contributed by atoms with E-state index in [1.165, 1.54) is 25.3 Å². The molecule has 2 aromatic carbocycles. The molecule has 10 nitrogen and oxygen atoms in total. The molecule has 0 fully saturated rings. The number of rotatable bonds is 9. The highest BCUT2D eigenvalue weighted by Crippen LogP contribution is 2.31. The van der Waals surface area contributed by atoms with E-state index in [1.54, 1.807) is 25.1 Å². The molecule has 0 aromatic heterocycles. The van der Waals surface area contributed by atoms with Crippen LogP contribution >= 0.6 is 0 Å². The second kappa shape index (κ2) is 9.24. The Kier molecular flexibility index (Phi) is 6.99. The van der Waals surface area contributed by atoms with Crippen molar-refractivity contribution in [1.82, 2.24) is 0 Å². The van der Waals surface area contributed by atoms with E-state index >= 15 is 0 Å². The number of nitrogens with one attached hydrogen (secondary N) is 1. The number of hydrogen-bond donors (Lipinski definition) is 1. The van der Waals surface area contributed by atoms with Crippen LogP contribution in [0.4, 0.5) is 17.1 Å². The van der Waals surface area contributed by atoms with Crippen molar-refractivity contribution in [2.24, 2.45) is 0 Å². The number of non-ortho nitro benzene ring substituents is 1. The molecule has 2 aromatic rings. The molecular weight excluding hydrogens is 402 g/mol. The number of anilines is 2. The minimum absolute atomic E-state index is 0.0539. The number of sulfonamides is 1. The van der Waals surface area contributed by atoms with Gasteiger partial charge in [0.25, 0.3) is 5.69 Å². The fraction of sp³-hybridized carbons (Fsp3) is 0.278. The molecular formula is C18H21N3O7S. The molecule has 0 spiro atoms. The molecule has 2 rings (SSSR count). The zero-order chi connectivity index (χ0) is 21.6. The molecule has 0 atom stereocenters. The summed E-state index contributed by atoms with van der Waals surface area (Å²) >= 11 is 0. The molecule has 0 aliphatic heterocycles. The topological polar surface area (TPSA) is 128 Å². The molecule has 11 heteroatoms. The fourth-order valence-corrected chi connectivity index (χ4v) is 3.41. The summed E-state index contributed by atoms with van der Waals surface area (Å²) in [5.74, 6) is -0.203. The van der Waals surface area contributed by atoms with Crippen molar-refractivity contribution in [3.05, 3.63) is 52.6 Å². The van der Waals surface area contributed by atoms with E-state index in [1.807, 2.05) is 0 Å². The van der Waals surface area contributed by atoms with Gasteiger partial charge in [-0.3, -0.25) is 19.2 Å². The van der Waals surface area contributed by atoms with Crippen molar-refractivity contribution in [2.45, 2.75) is 6.92 Å². The summed E-state index contributed by atoms with van der Waals surface area (Å²) in [6.07, 6.45) is 0.969. The van der Waals surface area contributed by atoms with Crippen LogP contribution in [-0.4, -0.2) is 45.8 Å². The molecule has 0 aliphatic rings. The molecule has 29 heavy (non-hydrogen) atoms. The predicted molar refractivity (Wildman–Crippen MR) is 108 cm³/mol. The lowest BCUT2D eigenvalue weighted by Crippen LogP contribution is -2.37. The molecule has 0 bridgehead atoms. The summed E-state index contributed by atoms with van der Waals surface area (Å²) < 4.78 is 36.1. The predicted octanol–water partition coefficient (Wildman–Crippen LogP) is 2.41. The lowest BCUT2D eigenvalue weighted by atomic mass is 10.2. The standard InChI is InChI=1S/C18H21N3O7S/c1-4-28-17-8-6-5-7-15(17)20(29(3,25)26)12-18(22)19-14-11-13(21(23)24)9-10-16(14)27-2/h5-11H,4,12H2,1-3H3,(H,19,22). The second-order valence-corrected chi connectivity index (χ2v) is 7.77. The van der Waals surface area contributed by atoms with Crippen molar-refractivity contribution in [3.63, 3.8) is 0 Å². The molecule has 156 valence electrons. The monoisotopic (exact) mass is 423 g/mol. The third-order valence-electron chi connectivity index (χ3n) is 3.79. The lowest BCUT2D eigenvalue weighted by molar-refractivity contribution is -0.384. The summed E-state index contributed by atoms with van der Waals surface area (Å²) in [7, 11) is -2.49. The number of nitro groups is 1. The van der Waals surface area contributed by atoms with Gasteiger partial charge in [-0.25, -0.2) is 8.42 Å². The molecule has 0 heterocycles. The van der Waals surface area contributed by atoms with Gasteiger partial charge in [0.1, 0.15) is 18.0 Å². The van der Waals surface area contributed by atoms with Crippen LogP contribution in [0.3, 0.4) is 0 Å². The van der Waals surface area contributed by atoms with Gasteiger partial charge in [0.05, 0.1) is 36.3 Å². The van der Waals surface area contributed by atoms with Gasteiger partial charge in [0.15, 0.2) is 0 Å². The first-order valence-corrected chi connectivity index (χ1v) is 10.3. The largest absolute Gasteiger partial charge is 0.495 e. The Morgan fingerprint density at radius 1 is 1.21 bits per heavy atom. The van der Waals surface area contributed by atoms with Gasteiger partial charge in [-0.1, -0.05) is 12.1 Å². The summed E-state index contributed by atoms with van der Waals surface area (Å²) in [4.78, 5) is 22.9. The van der Waals surface area contributed by atoms with Crippen molar-refractivity contribution in [2.75, 3.05) is 36.1 Å². The van der Waals surface area contributed by atoms with Gasteiger partial charge in [-0.2, -0.15) is 0 Å². The number of carbonyl (C=O) groups excluding carboxylic acids is 1. The maximum atomic E-state index is 12.6. The summed E-state index contributed by atoms with van der Waals surface area (Å²) in [5.41, 5.74) is 0.0130. The Labute approximate surface area is 168 Å². The molecule has 0 saturated carbocycles. The van der Waals surface area contributed by atoms with E-state index in [0.29, 0.717) is 12.4 Å². The third kappa shape index (κ3) is 5.57. The smallest absolute Gasteiger partial charge is 0.271 e. The summed E-state index contributed by atoms with van der Waals surface area (Å²) in [6, 6.07) is 10.1. The van der Waals surface area contributed by atoms with E-state index in [4.69, 9.17) is 9.47 Å². The van der Waals surface area contributed by atoms with Crippen LogP contribution < -0.4 is 19.1 Å². The van der Waals surface area contributed by atoms with E-state index in [9.17, 15) is 23.3 Å². The van der Waals surface area contributed by atoms with E-state index in [-0.39, 0.29) is 22.8 Å². The van der Waals surface area contributed by atoms with Crippen LogP contribution in [0.2, 0.25) is 0 Å². The van der Waals surface area contributed by atoms with Crippen LogP contribution in [-0.2, 0) is 14.8 Å². The molecule has 0 saturated heterocycles. The first kappa shape index (κ1) is 22.0. The Bertz CT molecular complexity index is 1010. The quantitative estimate of drug-likeness (QED) is 0.484. The maximum Gasteiger partial charge on any atom is 0.271 e. The summed E-state index contributed by atoms with van der Waals surface area (Å²) in [6.45, 7) is 1.50. The van der Waals surface area contributed by atoms with E-state index in [0.717, 1.165) is 16.6 Å². The number of amides is 1. The highest BCUT2D eigenvalue weighted by molar-refractivity contribution is 7.92. The van der Waals surface area contributed by atoms with Gasteiger partial charge < -0.3 is 14.8 Å². The molecule has 1 amide bonds. The fourth-order valence-electron chi connectivity index (χ4n) is 2.55. The first-order chi connectivity index (χ1) is 13.7. The number of nitrogens with zero attached hydrogens (tertiary/aromatic N) is 2. The van der Waals surface area contributed by atoms with Crippen molar-refractivity contribution in [1.29, 1.82) is 0 Å². The number of nitro benzene ring substituents is 1.